The number of para-hydroxylation sites is 2. The molecule has 0 spiro atoms. The smallest absolute Gasteiger partial charge is 0.122 e. The molecule has 0 aliphatic carbocycles. The Morgan fingerprint density at radius 1 is 0.815 bits per heavy atom. The van der Waals surface area contributed by atoms with Crippen molar-refractivity contribution < 1.29 is 18.9 Å². The third kappa shape index (κ3) is 10.6. The van der Waals surface area contributed by atoms with Crippen molar-refractivity contribution in [2.24, 2.45) is 0 Å². The van der Waals surface area contributed by atoms with E-state index in [4.69, 9.17) is 18.9 Å². The SMILES string of the molecule is C.CCC.Cc1ccccc1OCC1CO1.c1ccc(OCC2CO2)cc1. The number of hydrogen-bond acceptors (Lipinski definition) is 4. The molecule has 4 nitrogen and oxygen atoms in total. The summed E-state index contributed by atoms with van der Waals surface area (Å²) in [5.41, 5.74) is 1.18. The van der Waals surface area contributed by atoms with Gasteiger partial charge in [-0.05, 0) is 30.7 Å². The first-order valence-corrected chi connectivity index (χ1v) is 9.32. The molecule has 2 aromatic carbocycles. The first-order chi connectivity index (χ1) is 12.7. The van der Waals surface area contributed by atoms with E-state index in [1.807, 2.05) is 61.5 Å². The molecule has 4 rings (SSSR count). The molecule has 2 heterocycles. The summed E-state index contributed by atoms with van der Waals surface area (Å²) in [6.45, 7) is 9.37. The Hall–Kier alpha value is -2.04. The number of epoxide rings is 2. The van der Waals surface area contributed by atoms with E-state index < -0.39 is 0 Å². The van der Waals surface area contributed by atoms with Crippen molar-refractivity contribution >= 4 is 0 Å². The summed E-state index contributed by atoms with van der Waals surface area (Å²) in [4.78, 5) is 0. The molecular weight excluding hydrogens is 340 g/mol. The molecule has 150 valence electrons. The molecule has 0 saturated carbocycles. The Morgan fingerprint density at radius 3 is 1.81 bits per heavy atom. The monoisotopic (exact) mass is 374 g/mol. The number of benzene rings is 2. The summed E-state index contributed by atoms with van der Waals surface area (Å²) in [5, 5.41) is 0. The van der Waals surface area contributed by atoms with Crippen molar-refractivity contribution in [3.05, 3.63) is 60.2 Å². The Balaban J connectivity index is 0.000000229. The van der Waals surface area contributed by atoms with Gasteiger partial charge in [-0.25, -0.2) is 0 Å². The number of aryl methyl sites for hydroxylation is 1. The van der Waals surface area contributed by atoms with E-state index >= 15 is 0 Å². The van der Waals surface area contributed by atoms with E-state index in [0.29, 0.717) is 25.4 Å². The summed E-state index contributed by atoms with van der Waals surface area (Å²) in [5.74, 6) is 1.89. The topological polar surface area (TPSA) is 43.5 Å². The minimum Gasteiger partial charge on any atom is -0.491 e. The van der Waals surface area contributed by atoms with E-state index in [2.05, 4.69) is 13.8 Å². The summed E-state index contributed by atoms with van der Waals surface area (Å²) >= 11 is 0. The maximum Gasteiger partial charge on any atom is 0.122 e. The second-order valence-electron chi connectivity index (χ2n) is 6.32. The Morgan fingerprint density at radius 2 is 1.30 bits per heavy atom. The van der Waals surface area contributed by atoms with Crippen LogP contribution in [0.3, 0.4) is 0 Å². The lowest BCUT2D eigenvalue weighted by atomic mass is 10.2. The van der Waals surface area contributed by atoms with Crippen LogP contribution in [0.4, 0.5) is 0 Å². The largest absolute Gasteiger partial charge is 0.491 e. The standard InChI is InChI=1S/C10H12O2.C9H10O2.C3H8.CH4/c1-8-4-2-3-5-10(8)12-7-9-6-11-9;1-2-4-8(5-3-1)10-6-9-7-11-9;1-3-2;/h2-5,9H,6-7H2,1H3;1-5,9H,6-7H2;3H2,1-2H3;1H4. The minimum atomic E-state index is 0. The fourth-order valence-electron chi connectivity index (χ4n) is 1.94. The molecule has 0 bridgehead atoms. The van der Waals surface area contributed by atoms with Crippen LogP contribution in [0.15, 0.2) is 54.6 Å². The summed E-state index contributed by atoms with van der Waals surface area (Å²) in [7, 11) is 0. The van der Waals surface area contributed by atoms with Crippen molar-refractivity contribution in [1.82, 2.24) is 0 Å². The predicted octanol–water partition coefficient (Wildman–Crippen LogP) is 5.29. The first kappa shape index (κ1) is 23.0. The normalized spacial score (nSPS) is 18.5. The molecule has 27 heavy (non-hydrogen) atoms. The zero-order chi connectivity index (χ0) is 18.6. The molecule has 0 radical (unpaired) electrons. The Bertz CT molecular complexity index is 607. The van der Waals surface area contributed by atoms with Gasteiger partial charge in [0.25, 0.3) is 0 Å². The van der Waals surface area contributed by atoms with Crippen LogP contribution < -0.4 is 9.47 Å². The Labute approximate surface area is 164 Å². The second-order valence-corrected chi connectivity index (χ2v) is 6.32. The molecule has 0 aromatic heterocycles. The highest BCUT2D eigenvalue weighted by molar-refractivity contribution is 5.31. The van der Waals surface area contributed by atoms with E-state index in [1.165, 1.54) is 12.0 Å². The van der Waals surface area contributed by atoms with Crippen molar-refractivity contribution in [1.29, 1.82) is 0 Å². The molecule has 2 aliphatic rings. The van der Waals surface area contributed by atoms with Crippen LogP contribution in [-0.2, 0) is 9.47 Å². The molecule has 2 atom stereocenters. The second kappa shape index (κ2) is 13.2. The van der Waals surface area contributed by atoms with Gasteiger partial charge in [0.2, 0.25) is 0 Å². The quantitative estimate of drug-likeness (QED) is 0.645. The molecule has 2 aromatic rings. The number of ether oxygens (including phenoxy) is 4. The third-order valence-corrected chi connectivity index (χ3v) is 3.50. The molecule has 2 fully saturated rings. The van der Waals surface area contributed by atoms with Gasteiger partial charge >= 0.3 is 0 Å². The first-order valence-electron chi connectivity index (χ1n) is 9.32. The van der Waals surface area contributed by atoms with E-state index in [0.717, 1.165) is 24.7 Å². The summed E-state index contributed by atoms with van der Waals surface area (Å²) in [6.07, 6.45) is 1.93. The average Bonchev–Trinajstić information content (AvgIpc) is 3.57. The van der Waals surface area contributed by atoms with Gasteiger partial charge in [-0.3, -0.25) is 0 Å². The van der Waals surface area contributed by atoms with Gasteiger partial charge in [0.15, 0.2) is 0 Å². The van der Waals surface area contributed by atoms with Crippen LogP contribution in [-0.4, -0.2) is 38.6 Å². The van der Waals surface area contributed by atoms with Crippen molar-refractivity contribution in [2.45, 2.75) is 46.8 Å². The van der Waals surface area contributed by atoms with Gasteiger partial charge in [-0.1, -0.05) is 64.1 Å². The van der Waals surface area contributed by atoms with Crippen LogP contribution in [0.2, 0.25) is 0 Å². The van der Waals surface area contributed by atoms with Crippen LogP contribution in [0, 0.1) is 6.92 Å². The zero-order valence-electron chi connectivity index (χ0n) is 16.0. The molecular formula is C23H34O4. The fourth-order valence-corrected chi connectivity index (χ4v) is 1.94. The third-order valence-electron chi connectivity index (χ3n) is 3.50. The number of rotatable bonds is 6. The van der Waals surface area contributed by atoms with Crippen LogP contribution in [0.1, 0.15) is 33.3 Å². The van der Waals surface area contributed by atoms with Crippen molar-refractivity contribution in [3.8, 4) is 11.5 Å². The minimum absolute atomic E-state index is 0. The maximum atomic E-state index is 5.54. The highest BCUT2D eigenvalue weighted by Crippen LogP contribution is 2.18. The maximum absolute atomic E-state index is 5.54. The van der Waals surface area contributed by atoms with Crippen LogP contribution in [0.25, 0.3) is 0 Å². The highest BCUT2D eigenvalue weighted by atomic mass is 16.6. The van der Waals surface area contributed by atoms with Gasteiger partial charge in [-0.15, -0.1) is 0 Å². The highest BCUT2D eigenvalue weighted by Gasteiger charge is 2.23. The van der Waals surface area contributed by atoms with Crippen molar-refractivity contribution in [3.63, 3.8) is 0 Å². The summed E-state index contributed by atoms with van der Waals surface area (Å²) in [6, 6.07) is 17.8. The molecule has 2 unspecified atom stereocenters. The summed E-state index contributed by atoms with van der Waals surface area (Å²) < 4.78 is 21.0. The fraction of sp³-hybridized carbons (Fsp3) is 0.478. The van der Waals surface area contributed by atoms with E-state index in [9.17, 15) is 0 Å². The van der Waals surface area contributed by atoms with E-state index in [1.54, 1.807) is 0 Å². The average molecular weight is 375 g/mol. The molecule has 2 aliphatic heterocycles. The number of hydrogen-bond donors (Lipinski definition) is 0. The van der Waals surface area contributed by atoms with Crippen molar-refractivity contribution in [2.75, 3.05) is 26.4 Å². The van der Waals surface area contributed by atoms with Gasteiger partial charge < -0.3 is 18.9 Å². The molecule has 4 heteroatoms. The van der Waals surface area contributed by atoms with Crippen LogP contribution in [0.5, 0.6) is 11.5 Å². The predicted molar refractivity (Wildman–Crippen MR) is 111 cm³/mol. The zero-order valence-corrected chi connectivity index (χ0v) is 16.0. The molecule has 0 N–H and O–H groups in total. The van der Waals surface area contributed by atoms with Crippen LogP contribution >= 0.6 is 0 Å². The lowest BCUT2D eigenvalue weighted by Gasteiger charge is -2.06. The molecule has 2 saturated heterocycles. The van der Waals surface area contributed by atoms with Gasteiger partial charge in [0.1, 0.15) is 36.9 Å². The van der Waals surface area contributed by atoms with Gasteiger partial charge in [-0.2, -0.15) is 0 Å². The van der Waals surface area contributed by atoms with E-state index in [-0.39, 0.29) is 7.43 Å². The van der Waals surface area contributed by atoms with Gasteiger partial charge in [0, 0.05) is 0 Å². The lowest BCUT2D eigenvalue weighted by molar-refractivity contribution is 0.262. The van der Waals surface area contributed by atoms with Gasteiger partial charge in [0.05, 0.1) is 13.2 Å². The molecule has 0 amide bonds. The lowest BCUT2D eigenvalue weighted by Crippen LogP contribution is -2.04. The Kier molecular flexibility index (Phi) is 11.2.